The molecule has 0 amide bonds. The topological polar surface area (TPSA) is 15.3 Å². The lowest BCUT2D eigenvalue weighted by Crippen LogP contribution is -2.45. The summed E-state index contributed by atoms with van der Waals surface area (Å²) in [6, 6.07) is 0.915. The summed E-state index contributed by atoms with van der Waals surface area (Å²) in [7, 11) is 0. The minimum absolute atomic E-state index is 0.781. The molecule has 2 fully saturated rings. The molecule has 0 aromatic heterocycles. The van der Waals surface area contributed by atoms with Crippen LogP contribution in [0.15, 0.2) is 0 Å². The predicted octanol–water partition coefficient (Wildman–Crippen LogP) is 3.91. The van der Waals surface area contributed by atoms with Crippen molar-refractivity contribution in [3.63, 3.8) is 0 Å². The van der Waals surface area contributed by atoms with Crippen molar-refractivity contribution in [1.82, 2.24) is 10.2 Å². The van der Waals surface area contributed by atoms with Crippen LogP contribution < -0.4 is 5.32 Å². The number of piperidine rings is 1. The fraction of sp³-hybridized carbons (Fsp3) is 1.00. The second-order valence-corrected chi connectivity index (χ2v) is 7.63. The van der Waals surface area contributed by atoms with Crippen molar-refractivity contribution >= 4 is 0 Å². The van der Waals surface area contributed by atoms with Crippen LogP contribution >= 0.6 is 0 Å². The molecule has 0 aromatic carbocycles. The first kappa shape index (κ1) is 16.3. The fourth-order valence-electron chi connectivity index (χ4n) is 4.06. The van der Waals surface area contributed by atoms with Crippen LogP contribution in [0.5, 0.6) is 0 Å². The Morgan fingerprint density at radius 1 is 1.05 bits per heavy atom. The fourth-order valence-corrected chi connectivity index (χ4v) is 4.06. The largest absolute Gasteiger partial charge is 0.316 e. The number of nitrogens with one attached hydrogen (secondary N) is 1. The number of hydrogen-bond acceptors (Lipinski definition) is 2. The third-order valence-corrected chi connectivity index (χ3v) is 5.48. The smallest absolute Gasteiger partial charge is 0.00978 e. The molecular formula is C18H36N2. The zero-order valence-electron chi connectivity index (χ0n) is 14.0. The zero-order valence-corrected chi connectivity index (χ0v) is 14.0. The number of likely N-dealkylation sites (tertiary alicyclic amines) is 1. The third-order valence-electron chi connectivity index (χ3n) is 5.48. The van der Waals surface area contributed by atoms with Crippen LogP contribution in [0.2, 0.25) is 0 Å². The van der Waals surface area contributed by atoms with E-state index in [1.165, 1.54) is 71.1 Å². The van der Waals surface area contributed by atoms with E-state index in [0.29, 0.717) is 0 Å². The minimum atomic E-state index is 0.781. The van der Waals surface area contributed by atoms with Crippen molar-refractivity contribution in [2.45, 2.75) is 71.8 Å². The van der Waals surface area contributed by atoms with E-state index in [2.05, 4.69) is 31.0 Å². The number of rotatable bonds is 6. The van der Waals surface area contributed by atoms with Crippen molar-refractivity contribution in [2.24, 2.45) is 17.8 Å². The van der Waals surface area contributed by atoms with Gasteiger partial charge in [0.1, 0.15) is 0 Å². The van der Waals surface area contributed by atoms with Gasteiger partial charge in [-0.15, -0.1) is 0 Å². The van der Waals surface area contributed by atoms with Gasteiger partial charge in [0, 0.05) is 6.04 Å². The first-order valence-corrected chi connectivity index (χ1v) is 9.13. The van der Waals surface area contributed by atoms with Crippen LogP contribution in [0.4, 0.5) is 0 Å². The molecule has 0 aromatic rings. The summed E-state index contributed by atoms with van der Waals surface area (Å²) >= 11 is 0. The summed E-state index contributed by atoms with van der Waals surface area (Å²) in [4.78, 5) is 2.82. The molecule has 2 aliphatic rings. The summed E-state index contributed by atoms with van der Waals surface area (Å²) in [5.41, 5.74) is 0. The van der Waals surface area contributed by atoms with E-state index in [1.807, 2.05) is 0 Å². The lowest BCUT2D eigenvalue weighted by Gasteiger charge is -2.41. The summed E-state index contributed by atoms with van der Waals surface area (Å²) < 4.78 is 0. The number of nitrogens with zero attached hydrogens (tertiary/aromatic N) is 1. The van der Waals surface area contributed by atoms with Gasteiger partial charge < -0.3 is 10.2 Å². The van der Waals surface area contributed by atoms with E-state index in [9.17, 15) is 0 Å². The molecular weight excluding hydrogens is 244 g/mol. The van der Waals surface area contributed by atoms with Crippen LogP contribution in [-0.4, -0.2) is 37.1 Å². The van der Waals surface area contributed by atoms with Gasteiger partial charge in [-0.2, -0.15) is 0 Å². The monoisotopic (exact) mass is 280 g/mol. The van der Waals surface area contributed by atoms with E-state index >= 15 is 0 Å². The molecule has 2 atom stereocenters. The molecule has 0 bridgehead atoms. The molecule has 2 nitrogen and oxygen atoms in total. The quantitative estimate of drug-likeness (QED) is 0.793. The van der Waals surface area contributed by atoms with Gasteiger partial charge >= 0.3 is 0 Å². The lowest BCUT2D eigenvalue weighted by molar-refractivity contribution is 0.0883. The molecule has 1 aliphatic heterocycles. The minimum Gasteiger partial charge on any atom is -0.316 e. The highest BCUT2D eigenvalue weighted by atomic mass is 15.2. The van der Waals surface area contributed by atoms with Gasteiger partial charge in [0.25, 0.3) is 0 Å². The summed E-state index contributed by atoms with van der Waals surface area (Å²) in [6.07, 6.45) is 10.1. The Morgan fingerprint density at radius 3 is 2.45 bits per heavy atom. The molecule has 1 N–H and O–H groups in total. The molecule has 0 spiro atoms. The number of hydrogen-bond donors (Lipinski definition) is 1. The average Bonchev–Trinajstić information content (AvgIpc) is 2.48. The SMILES string of the molecule is CCC1CCCC(N2CCC(CNCC(C)C)CC2)C1. The van der Waals surface area contributed by atoms with Crippen LogP contribution in [0, 0.1) is 17.8 Å². The molecule has 2 rings (SSSR count). The van der Waals surface area contributed by atoms with Crippen LogP contribution in [0.3, 0.4) is 0 Å². The second kappa shape index (κ2) is 8.38. The maximum absolute atomic E-state index is 3.65. The lowest BCUT2D eigenvalue weighted by atomic mass is 9.82. The molecule has 2 heteroatoms. The first-order valence-electron chi connectivity index (χ1n) is 9.13. The van der Waals surface area contributed by atoms with Gasteiger partial charge in [-0.3, -0.25) is 0 Å². The van der Waals surface area contributed by atoms with E-state index in [0.717, 1.165) is 23.8 Å². The van der Waals surface area contributed by atoms with Crippen molar-refractivity contribution < 1.29 is 0 Å². The molecule has 1 heterocycles. The maximum atomic E-state index is 3.65. The molecule has 20 heavy (non-hydrogen) atoms. The average molecular weight is 281 g/mol. The van der Waals surface area contributed by atoms with Gasteiger partial charge in [0.2, 0.25) is 0 Å². The highest BCUT2D eigenvalue weighted by Gasteiger charge is 2.28. The predicted molar refractivity (Wildman–Crippen MR) is 88.0 cm³/mol. The summed E-state index contributed by atoms with van der Waals surface area (Å²) in [5, 5.41) is 3.65. The Kier molecular flexibility index (Phi) is 6.83. The Labute approximate surface area is 126 Å². The van der Waals surface area contributed by atoms with Gasteiger partial charge in [-0.05, 0) is 69.6 Å². The van der Waals surface area contributed by atoms with Gasteiger partial charge in [-0.25, -0.2) is 0 Å². The molecule has 0 radical (unpaired) electrons. The Morgan fingerprint density at radius 2 is 1.80 bits per heavy atom. The first-order chi connectivity index (χ1) is 9.69. The second-order valence-electron chi connectivity index (χ2n) is 7.63. The van der Waals surface area contributed by atoms with E-state index in [4.69, 9.17) is 0 Å². The zero-order chi connectivity index (χ0) is 14.4. The van der Waals surface area contributed by atoms with Crippen molar-refractivity contribution in [3.8, 4) is 0 Å². The summed E-state index contributed by atoms with van der Waals surface area (Å²) in [6.45, 7) is 12.1. The Hall–Kier alpha value is -0.0800. The van der Waals surface area contributed by atoms with Crippen LogP contribution in [0.25, 0.3) is 0 Å². The van der Waals surface area contributed by atoms with E-state index in [1.54, 1.807) is 0 Å². The van der Waals surface area contributed by atoms with Gasteiger partial charge in [0.15, 0.2) is 0 Å². The van der Waals surface area contributed by atoms with Crippen molar-refractivity contribution in [1.29, 1.82) is 0 Å². The normalized spacial score (nSPS) is 30.0. The molecule has 1 saturated heterocycles. The molecule has 2 unspecified atom stereocenters. The van der Waals surface area contributed by atoms with E-state index < -0.39 is 0 Å². The van der Waals surface area contributed by atoms with Gasteiger partial charge in [-0.1, -0.05) is 40.0 Å². The molecule has 118 valence electrons. The molecule has 1 aliphatic carbocycles. The van der Waals surface area contributed by atoms with Crippen LogP contribution in [-0.2, 0) is 0 Å². The van der Waals surface area contributed by atoms with Crippen molar-refractivity contribution in [3.05, 3.63) is 0 Å². The highest BCUT2D eigenvalue weighted by Crippen LogP contribution is 2.31. The Balaban J connectivity index is 1.66. The molecule has 1 saturated carbocycles. The standard InChI is InChI=1S/C18H36N2/c1-4-16-6-5-7-18(12-16)20-10-8-17(9-11-20)14-19-13-15(2)3/h15-19H,4-14H2,1-3H3. The third kappa shape index (κ3) is 5.04. The van der Waals surface area contributed by atoms with Gasteiger partial charge in [0.05, 0.1) is 0 Å². The van der Waals surface area contributed by atoms with Crippen LogP contribution in [0.1, 0.15) is 65.7 Å². The highest BCUT2D eigenvalue weighted by molar-refractivity contribution is 4.83. The van der Waals surface area contributed by atoms with E-state index in [-0.39, 0.29) is 0 Å². The van der Waals surface area contributed by atoms with Crippen molar-refractivity contribution in [2.75, 3.05) is 26.2 Å². The maximum Gasteiger partial charge on any atom is 0.00978 e. The Bertz CT molecular complexity index is 256. The summed E-state index contributed by atoms with van der Waals surface area (Å²) in [5.74, 6) is 2.72.